The van der Waals surface area contributed by atoms with Gasteiger partial charge in [-0.05, 0) is 26.8 Å². The molecule has 3 aromatic rings. The van der Waals surface area contributed by atoms with Crippen LogP contribution in [0.5, 0.6) is 0 Å². The van der Waals surface area contributed by atoms with Gasteiger partial charge in [-0.25, -0.2) is 9.50 Å². The van der Waals surface area contributed by atoms with Crippen LogP contribution in [0, 0.1) is 13.8 Å². The first kappa shape index (κ1) is 14.2. The van der Waals surface area contributed by atoms with Crippen LogP contribution in [0.25, 0.3) is 5.65 Å². The van der Waals surface area contributed by atoms with Crippen molar-refractivity contribution in [3.63, 3.8) is 0 Å². The van der Waals surface area contributed by atoms with E-state index in [9.17, 15) is 4.79 Å². The predicted molar refractivity (Wildman–Crippen MR) is 81.5 cm³/mol. The second-order valence-corrected chi connectivity index (χ2v) is 5.22. The Kier molecular flexibility index (Phi) is 3.62. The fraction of sp³-hybridized carbons (Fsp3) is 0.333. The molecule has 0 aromatic carbocycles. The quantitative estimate of drug-likeness (QED) is 0.791. The molecule has 0 bridgehead atoms. The van der Waals surface area contributed by atoms with E-state index in [0.29, 0.717) is 17.8 Å². The number of carbonyl (C=O) groups is 1. The van der Waals surface area contributed by atoms with Gasteiger partial charge in [0.2, 0.25) is 0 Å². The number of rotatable bonds is 4. The van der Waals surface area contributed by atoms with Crippen LogP contribution < -0.4 is 5.32 Å². The van der Waals surface area contributed by atoms with E-state index in [0.717, 1.165) is 23.5 Å². The van der Waals surface area contributed by atoms with Crippen LogP contribution in [-0.2, 0) is 13.1 Å². The summed E-state index contributed by atoms with van der Waals surface area (Å²) in [4.78, 5) is 16.8. The lowest BCUT2D eigenvalue weighted by Crippen LogP contribution is -2.22. The van der Waals surface area contributed by atoms with Gasteiger partial charge < -0.3 is 5.32 Å². The summed E-state index contributed by atoms with van der Waals surface area (Å²) < 4.78 is 3.50. The molecule has 0 atom stereocenters. The van der Waals surface area contributed by atoms with Crippen LogP contribution in [-0.4, -0.2) is 30.3 Å². The molecule has 0 aliphatic carbocycles. The van der Waals surface area contributed by atoms with E-state index in [-0.39, 0.29) is 5.91 Å². The minimum atomic E-state index is -0.184. The Hall–Kier alpha value is -2.70. The van der Waals surface area contributed by atoms with Gasteiger partial charge in [0.25, 0.3) is 5.91 Å². The number of hydrogen-bond donors (Lipinski definition) is 1. The lowest BCUT2D eigenvalue weighted by molar-refractivity contribution is 0.0952. The minimum absolute atomic E-state index is 0.184. The summed E-state index contributed by atoms with van der Waals surface area (Å²) in [5.41, 5.74) is 3.84. The van der Waals surface area contributed by atoms with Crippen LogP contribution in [0.2, 0.25) is 0 Å². The van der Waals surface area contributed by atoms with Gasteiger partial charge in [-0.3, -0.25) is 9.48 Å². The first-order valence-electron chi connectivity index (χ1n) is 7.20. The fourth-order valence-electron chi connectivity index (χ4n) is 2.38. The highest BCUT2D eigenvalue weighted by Crippen LogP contribution is 2.12. The molecule has 22 heavy (non-hydrogen) atoms. The highest BCUT2D eigenvalue weighted by Gasteiger charge is 2.15. The topological polar surface area (TPSA) is 77.1 Å². The Bertz CT molecular complexity index is 832. The van der Waals surface area contributed by atoms with Crippen LogP contribution >= 0.6 is 0 Å². The van der Waals surface area contributed by atoms with E-state index < -0.39 is 0 Å². The lowest BCUT2D eigenvalue weighted by atomic mass is 10.2. The van der Waals surface area contributed by atoms with E-state index in [1.54, 1.807) is 16.9 Å². The van der Waals surface area contributed by atoms with E-state index in [1.807, 2.05) is 37.7 Å². The van der Waals surface area contributed by atoms with E-state index in [1.165, 1.54) is 0 Å². The van der Waals surface area contributed by atoms with Gasteiger partial charge in [0, 0.05) is 36.2 Å². The molecule has 0 aliphatic rings. The summed E-state index contributed by atoms with van der Waals surface area (Å²) in [7, 11) is 0. The minimum Gasteiger partial charge on any atom is -0.348 e. The molecule has 0 aliphatic heterocycles. The van der Waals surface area contributed by atoms with Crippen molar-refractivity contribution in [1.82, 2.24) is 29.7 Å². The normalized spacial score (nSPS) is 11.0. The zero-order valence-corrected chi connectivity index (χ0v) is 12.9. The Balaban J connectivity index is 1.80. The standard InChI is InChI=1S/C15H18N6O/c1-4-20-9-12(7-17-20)6-16-15(22)13-8-18-21-11(3)5-10(2)19-14(13)21/h5,7-9H,4,6H2,1-3H3,(H,16,22). The van der Waals surface area contributed by atoms with Crippen LogP contribution in [0.3, 0.4) is 0 Å². The maximum atomic E-state index is 12.4. The smallest absolute Gasteiger partial charge is 0.257 e. The van der Waals surface area contributed by atoms with E-state index in [2.05, 4.69) is 20.5 Å². The zero-order chi connectivity index (χ0) is 15.7. The number of nitrogens with one attached hydrogen (secondary N) is 1. The molecule has 7 nitrogen and oxygen atoms in total. The number of carbonyl (C=O) groups excluding carboxylic acids is 1. The average molecular weight is 298 g/mol. The van der Waals surface area contributed by atoms with E-state index >= 15 is 0 Å². The number of aromatic nitrogens is 5. The van der Waals surface area contributed by atoms with Crippen molar-refractivity contribution < 1.29 is 4.79 Å². The molecule has 0 spiro atoms. The van der Waals surface area contributed by atoms with Crippen molar-refractivity contribution in [2.24, 2.45) is 0 Å². The third kappa shape index (κ3) is 2.57. The SMILES string of the molecule is CCn1cc(CNC(=O)c2cnn3c(C)cc(C)nc23)cn1. The molecular weight excluding hydrogens is 280 g/mol. The number of fused-ring (bicyclic) bond motifs is 1. The molecule has 0 saturated heterocycles. The Labute approximate surface area is 128 Å². The van der Waals surface area contributed by atoms with Crippen molar-refractivity contribution in [1.29, 1.82) is 0 Å². The van der Waals surface area contributed by atoms with Crippen molar-refractivity contribution in [3.8, 4) is 0 Å². The van der Waals surface area contributed by atoms with Crippen molar-refractivity contribution in [2.45, 2.75) is 33.9 Å². The number of hydrogen-bond acceptors (Lipinski definition) is 4. The zero-order valence-electron chi connectivity index (χ0n) is 12.9. The van der Waals surface area contributed by atoms with Gasteiger partial charge in [0.15, 0.2) is 5.65 Å². The molecular formula is C15H18N6O. The summed E-state index contributed by atoms with van der Waals surface area (Å²) in [5.74, 6) is -0.184. The van der Waals surface area contributed by atoms with Crippen molar-refractivity contribution in [2.75, 3.05) is 0 Å². The molecule has 0 fully saturated rings. The summed E-state index contributed by atoms with van der Waals surface area (Å²) in [6.07, 6.45) is 5.23. The third-order valence-corrected chi connectivity index (χ3v) is 3.49. The lowest BCUT2D eigenvalue weighted by Gasteiger charge is -2.04. The number of aryl methyl sites for hydroxylation is 3. The molecule has 1 amide bonds. The molecule has 114 valence electrons. The van der Waals surface area contributed by atoms with Gasteiger partial charge in [-0.15, -0.1) is 0 Å². The van der Waals surface area contributed by atoms with Gasteiger partial charge in [0.1, 0.15) is 5.56 Å². The Morgan fingerprint density at radius 1 is 1.27 bits per heavy atom. The van der Waals surface area contributed by atoms with Crippen molar-refractivity contribution in [3.05, 3.63) is 47.2 Å². The largest absolute Gasteiger partial charge is 0.348 e. The number of amides is 1. The van der Waals surface area contributed by atoms with Gasteiger partial charge in [-0.1, -0.05) is 0 Å². The van der Waals surface area contributed by atoms with Crippen LogP contribution in [0.15, 0.2) is 24.7 Å². The molecule has 0 saturated carbocycles. The maximum absolute atomic E-state index is 12.4. The monoisotopic (exact) mass is 298 g/mol. The first-order chi connectivity index (χ1) is 10.6. The maximum Gasteiger partial charge on any atom is 0.257 e. The summed E-state index contributed by atoms with van der Waals surface area (Å²) in [5, 5.41) is 11.3. The molecule has 3 rings (SSSR count). The Morgan fingerprint density at radius 2 is 2.09 bits per heavy atom. The van der Waals surface area contributed by atoms with E-state index in [4.69, 9.17) is 0 Å². The fourth-order valence-corrected chi connectivity index (χ4v) is 2.38. The molecule has 3 aromatic heterocycles. The average Bonchev–Trinajstić information content (AvgIpc) is 3.11. The van der Waals surface area contributed by atoms with Crippen LogP contribution in [0.4, 0.5) is 0 Å². The molecule has 0 radical (unpaired) electrons. The van der Waals surface area contributed by atoms with Gasteiger partial charge in [0.05, 0.1) is 12.4 Å². The van der Waals surface area contributed by atoms with Crippen LogP contribution in [0.1, 0.15) is 34.2 Å². The number of nitrogens with zero attached hydrogens (tertiary/aromatic N) is 5. The first-order valence-corrected chi connectivity index (χ1v) is 7.20. The summed E-state index contributed by atoms with van der Waals surface area (Å²) in [6, 6.07) is 1.93. The second-order valence-electron chi connectivity index (χ2n) is 5.22. The highest BCUT2D eigenvalue weighted by atomic mass is 16.1. The second kappa shape index (κ2) is 5.59. The van der Waals surface area contributed by atoms with Gasteiger partial charge >= 0.3 is 0 Å². The Morgan fingerprint density at radius 3 is 2.82 bits per heavy atom. The molecule has 1 N–H and O–H groups in total. The molecule has 3 heterocycles. The molecule has 7 heteroatoms. The summed E-state index contributed by atoms with van der Waals surface area (Å²) >= 11 is 0. The highest BCUT2D eigenvalue weighted by molar-refractivity contribution is 5.99. The molecule has 0 unspecified atom stereocenters. The van der Waals surface area contributed by atoms with Crippen molar-refractivity contribution >= 4 is 11.6 Å². The predicted octanol–water partition coefficient (Wildman–Crippen LogP) is 1.49. The third-order valence-electron chi connectivity index (χ3n) is 3.49. The summed E-state index contributed by atoms with van der Waals surface area (Å²) in [6.45, 7) is 7.10. The van der Waals surface area contributed by atoms with Gasteiger partial charge in [-0.2, -0.15) is 10.2 Å².